The molecule has 2 heterocycles. The van der Waals surface area contributed by atoms with Crippen LogP contribution in [0.4, 0.5) is 0 Å². The lowest BCUT2D eigenvalue weighted by molar-refractivity contribution is -0.147. The van der Waals surface area contributed by atoms with Gasteiger partial charge in [-0.1, -0.05) is 37.5 Å². The summed E-state index contributed by atoms with van der Waals surface area (Å²) in [6.45, 7) is 1.06. The van der Waals surface area contributed by atoms with E-state index in [4.69, 9.17) is 9.47 Å². The Morgan fingerprint density at radius 3 is 2.63 bits per heavy atom. The molecule has 1 saturated heterocycles. The van der Waals surface area contributed by atoms with Gasteiger partial charge in [-0.15, -0.1) is 0 Å². The summed E-state index contributed by atoms with van der Waals surface area (Å²) in [6.07, 6.45) is 6.72. The highest BCUT2D eigenvalue weighted by atomic mass is 16.5. The molecule has 0 bridgehead atoms. The Labute approximate surface area is 206 Å². The van der Waals surface area contributed by atoms with Gasteiger partial charge >= 0.3 is 0 Å². The van der Waals surface area contributed by atoms with E-state index >= 15 is 0 Å². The van der Waals surface area contributed by atoms with Crippen LogP contribution in [0.2, 0.25) is 0 Å². The third-order valence-corrected chi connectivity index (χ3v) is 7.90. The van der Waals surface area contributed by atoms with E-state index < -0.39 is 30.3 Å². The summed E-state index contributed by atoms with van der Waals surface area (Å²) in [5.74, 6) is 0.143. The monoisotopic (exact) mass is 484 g/mol. The third kappa shape index (κ3) is 4.84. The molecule has 1 saturated carbocycles. The lowest BCUT2D eigenvalue weighted by Crippen LogP contribution is -2.58. The maximum absolute atomic E-state index is 13.7. The van der Waals surface area contributed by atoms with E-state index in [1.165, 1.54) is 6.42 Å². The summed E-state index contributed by atoms with van der Waals surface area (Å²) in [7, 11) is 0. The SMILES string of the molecule is O=C(NCCO)C1=C[C@@H](N(CC2CCCCC2)C(=O)C2CCCO2)[C@H](O)[C@H]2Oc3ccccc3[C@@H]12. The van der Waals surface area contributed by atoms with Crippen LogP contribution in [0.25, 0.3) is 0 Å². The second kappa shape index (κ2) is 10.7. The van der Waals surface area contributed by atoms with Crippen LogP contribution < -0.4 is 10.1 Å². The Hall–Kier alpha value is -2.42. The number of hydrogen-bond acceptors (Lipinski definition) is 6. The van der Waals surface area contributed by atoms with E-state index in [1.54, 1.807) is 11.0 Å². The number of ether oxygens (including phenoxy) is 2. The Morgan fingerprint density at radius 1 is 1.09 bits per heavy atom. The van der Waals surface area contributed by atoms with Crippen molar-refractivity contribution in [2.75, 3.05) is 26.3 Å². The highest BCUT2D eigenvalue weighted by molar-refractivity contribution is 5.96. The molecule has 0 aromatic heterocycles. The summed E-state index contributed by atoms with van der Waals surface area (Å²) in [6, 6.07) is 6.82. The highest BCUT2D eigenvalue weighted by Gasteiger charge is 2.51. The fourth-order valence-corrected chi connectivity index (χ4v) is 6.15. The molecular weight excluding hydrogens is 448 g/mol. The standard InChI is InChI=1S/C27H36N2O6/c30-13-12-28-26(32)19-15-20(24(31)25-23(19)18-9-4-5-10-21(18)35-25)29(16-17-7-2-1-3-8-17)27(33)22-11-6-14-34-22/h4-5,9-10,15,17,20,22-25,30-31H,1-3,6-8,11-14,16H2,(H,28,32)/t20-,22?,23+,24+,25+/m1/s1. The van der Waals surface area contributed by atoms with Crippen LogP contribution in [0.1, 0.15) is 56.4 Å². The van der Waals surface area contributed by atoms with Crippen LogP contribution >= 0.6 is 0 Å². The van der Waals surface area contributed by atoms with Crippen molar-refractivity contribution in [2.24, 2.45) is 5.92 Å². The van der Waals surface area contributed by atoms with Crippen LogP contribution in [0.15, 0.2) is 35.9 Å². The number of hydrogen-bond donors (Lipinski definition) is 3. The highest BCUT2D eigenvalue weighted by Crippen LogP contribution is 2.47. The number of fused-ring (bicyclic) bond motifs is 3. The normalized spacial score (nSPS) is 30.1. The zero-order valence-electron chi connectivity index (χ0n) is 20.1. The van der Waals surface area contributed by atoms with Gasteiger partial charge in [-0.3, -0.25) is 9.59 Å². The minimum atomic E-state index is -0.990. The zero-order valence-corrected chi connectivity index (χ0v) is 20.1. The van der Waals surface area contributed by atoms with Crippen molar-refractivity contribution in [2.45, 2.75) is 75.2 Å². The molecule has 190 valence electrons. The molecule has 5 rings (SSSR count). The lowest BCUT2D eigenvalue weighted by atomic mass is 9.77. The van der Waals surface area contributed by atoms with E-state index in [0.29, 0.717) is 36.8 Å². The van der Waals surface area contributed by atoms with Gasteiger partial charge in [0.05, 0.1) is 18.6 Å². The smallest absolute Gasteiger partial charge is 0.252 e. The van der Waals surface area contributed by atoms with Crippen LogP contribution in [-0.2, 0) is 14.3 Å². The first-order chi connectivity index (χ1) is 17.1. The topological polar surface area (TPSA) is 108 Å². The molecule has 8 nitrogen and oxygen atoms in total. The maximum Gasteiger partial charge on any atom is 0.252 e. The van der Waals surface area contributed by atoms with Gasteiger partial charge in [0, 0.05) is 30.8 Å². The number of nitrogens with zero attached hydrogens (tertiary/aromatic N) is 1. The first kappa shape index (κ1) is 24.3. The number of amides is 2. The molecule has 8 heteroatoms. The first-order valence-electron chi connectivity index (χ1n) is 13.0. The predicted octanol–water partition coefficient (Wildman–Crippen LogP) is 1.90. The van der Waals surface area contributed by atoms with Crippen molar-refractivity contribution in [3.8, 4) is 5.75 Å². The van der Waals surface area contributed by atoms with Gasteiger partial charge in [0.2, 0.25) is 5.91 Å². The van der Waals surface area contributed by atoms with E-state index in [1.807, 2.05) is 24.3 Å². The fourth-order valence-electron chi connectivity index (χ4n) is 6.15. The number of rotatable bonds is 7. The average molecular weight is 485 g/mol. The first-order valence-corrected chi connectivity index (χ1v) is 13.0. The van der Waals surface area contributed by atoms with Crippen molar-refractivity contribution >= 4 is 11.8 Å². The van der Waals surface area contributed by atoms with Gasteiger partial charge in [0.15, 0.2) is 0 Å². The Kier molecular flexibility index (Phi) is 7.41. The van der Waals surface area contributed by atoms with Crippen molar-refractivity contribution in [1.82, 2.24) is 10.2 Å². The molecule has 0 radical (unpaired) electrons. The second-order valence-electron chi connectivity index (χ2n) is 10.2. The van der Waals surface area contributed by atoms with Crippen molar-refractivity contribution in [3.63, 3.8) is 0 Å². The minimum Gasteiger partial charge on any atom is -0.486 e. The minimum absolute atomic E-state index is 0.113. The van der Waals surface area contributed by atoms with Gasteiger partial charge in [0.1, 0.15) is 24.1 Å². The van der Waals surface area contributed by atoms with Gasteiger partial charge in [-0.2, -0.15) is 0 Å². The van der Waals surface area contributed by atoms with E-state index in [-0.39, 0.29) is 25.0 Å². The molecule has 2 fully saturated rings. The maximum atomic E-state index is 13.7. The molecule has 4 aliphatic rings. The Balaban J connectivity index is 1.51. The quantitative estimate of drug-likeness (QED) is 0.546. The number of aliphatic hydroxyl groups excluding tert-OH is 2. The molecule has 3 N–H and O–H groups in total. The fraction of sp³-hybridized carbons (Fsp3) is 0.630. The van der Waals surface area contributed by atoms with Gasteiger partial charge in [-0.25, -0.2) is 0 Å². The van der Waals surface area contributed by atoms with E-state index in [2.05, 4.69) is 5.32 Å². The van der Waals surface area contributed by atoms with E-state index in [0.717, 1.165) is 37.7 Å². The summed E-state index contributed by atoms with van der Waals surface area (Å²) >= 11 is 0. The van der Waals surface area contributed by atoms with Crippen LogP contribution in [0, 0.1) is 5.92 Å². The number of benzene rings is 1. The van der Waals surface area contributed by atoms with Gasteiger partial charge in [0.25, 0.3) is 5.91 Å². The molecule has 1 aromatic carbocycles. The lowest BCUT2D eigenvalue weighted by Gasteiger charge is -2.43. The van der Waals surface area contributed by atoms with Gasteiger partial charge in [-0.05, 0) is 43.7 Å². The molecule has 1 unspecified atom stereocenters. The largest absolute Gasteiger partial charge is 0.486 e. The number of carbonyl (C=O) groups is 2. The number of nitrogens with one attached hydrogen (secondary N) is 1. The van der Waals surface area contributed by atoms with Crippen LogP contribution in [-0.4, -0.2) is 77.6 Å². The molecule has 35 heavy (non-hydrogen) atoms. The summed E-state index contributed by atoms with van der Waals surface area (Å²) in [5, 5.41) is 23.6. The third-order valence-electron chi connectivity index (χ3n) is 7.90. The molecule has 2 aliphatic carbocycles. The number of carbonyl (C=O) groups excluding carboxylic acids is 2. The van der Waals surface area contributed by atoms with Crippen LogP contribution in [0.3, 0.4) is 0 Å². The van der Waals surface area contributed by atoms with Crippen molar-refractivity contribution in [1.29, 1.82) is 0 Å². The molecule has 2 amide bonds. The summed E-state index contributed by atoms with van der Waals surface area (Å²) in [4.78, 5) is 28.7. The molecule has 0 spiro atoms. The average Bonchev–Trinajstić information content (AvgIpc) is 3.56. The summed E-state index contributed by atoms with van der Waals surface area (Å²) in [5.41, 5.74) is 1.32. The molecule has 2 aliphatic heterocycles. The Bertz CT molecular complexity index is 953. The molecule has 5 atom stereocenters. The zero-order chi connectivity index (χ0) is 24.4. The van der Waals surface area contributed by atoms with E-state index in [9.17, 15) is 19.8 Å². The second-order valence-corrected chi connectivity index (χ2v) is 10.2. The molecule has 1 aromatic rings. The van der Waals surface area contributed by atoms with Gasteiger partial charge < -0.3 is 29.9 Å². The predicted molar refractivity (Wildman–Crippen MR) is 129 cm³/mol. The van der Waals surface area contributed by atoms with Crippen molar-refractivity contribution < 1.29 is 29.3 Å². The number of para-hydroxylation sites is 1. The van der Waals surface area contributed by atoms with Crippen molar-refractivity contribution in [3.05, 3.63) is 41.5 Å². The molecular formula is C27H36N2O6. The van der Waals surface area contributed by atoms with Crippen LogP contribution in [0.5, 0.6) is 5.75 Å². The summed E-state index contributed by atoms with van der Waals surface area (Å²) < 4.78 is 11.9. The Morgan fingerprint density at radius 2 is 1.89 bits per heavy atom. The number of aliphatic hydroxyl groups is 2.